The summed E-state index contributed by atoms with van der Waals surface area (Å²) >= 11 is 0. The largest absolute Gasteiger partial charge is 0.465 e. The summed E-state index contributed by atoms with van der Waals surface area (Å²) in [6.07, 6.45) is 1.61. The Labute approximate surface area is 191 Å². The van der Waals surface area contributed by atoms with E-state index in [0.29, 0.717) is 49.7 Å². The predicted octanol–water partition coefficient (Wildman–Crippen LogP) is 2.35. The van der Waals surface area contributed by atoms with Gasteiger partial charge in [-0.05, 0) is 25.5 Å². The maximum Gasteiger partial charge on any atom is 0.407 e. The molecule has 1 aliphatic heterocycles. The van der Waals surface area contributed by atoms with Crippen molar-refractivity contribution in [3.8, 4) is 6.07 Å². The Balaban J connectivity index is 1.73. The molecule has 1 amide bonds. The number of nitrogen functional groups attached to an aromatic ring is 1. The van der Waals surface area contributed by atoms with E-state index in [4.69, 9.17) is 10.7 Å². The van der Waals surface area contributed by atoms with Gasteiger partial charge in [0.05, 0.1) is 34.2 Å². The zero-order valence-corrected chi connectivity index (χ0v) is 18.9. The van der Waals surface area contributed by atoms with Crippen molar-refractivity contribution in [2.45, 2.75) is 26.3 Å². The van der Waals surface area contributed by atoms with Crippen LogP contribution < -0.4 is 16.0 Å². The Bertz CT molecular complexity index is 1240. The minimum Gasteiger partial charge on any atom is -0.465 e. The van der Waals surface area contributed by atoms with Gasteiger partial charge in [0.1, 0.15) is 17.5 Å². The lowest BCUT2D eigenvalue weighted by molar-refractivity contribution is 0.142. The van der Waals surface area contributed by atoms with Crippen LogP contribution in [0.3, 0.4) is 0 Å². The third kappa shape index (κ3) is 4.19. The summed E-state index contributed by atoms with van der Waals surface area (Å²) in [7, 11) is 1.96. The summed E-state index contributed by atoms with van der Waals surface area (Å²) in [5.74, 6) is 0.489. The van der Waals surface area contributed by atoms with Gasteiger partial charge in [0.15, 0.2) is 0 Å². The van der Waals surface area contributed by atoms with Crippen LogP contribution in [-0.2, 0) is 13.5 Å². The summed E-state index contributed by atoms with van der Waals surface area (Å²) in [5.41, 5.74) is 10.4. The fraction of sp³-hybridized carbons (Fsp3) is 0.409. The molecule has 1 aliphatic rings. The molecule has 3 aromatic rings. The highest BCUT2D eigenvalue weighted by molar-refractivity contribution is 5.81. The van der Waals surface area contributed by atoms with Gasteiger partial charge in [0.25, 0.3) is 0 Å². The van der Waals surface area contributed by atoms with Crippen molar-refractivity contribution in [3.05, 3.63) is 35.3 Å². The van der Waals surface area contributed by atoms with Gasteiger partial charge in [0, 0.05) is 39.4 Å². The van der Waals surface area contributed by atoms with E-state index in [1.54, 1.807) is 0 Å². The number of hydrogen-bond donors (Lipinski definition) is 3. The van der Waals surface area contributed by atoms with Crippen molar-refractivity contribution in [1.29, 1.82) is 5.26 Å². The van der Waals surface area contributed by atoms with Crippen molar-refractivity contribution in [2.24, 2.45) is 7.05 Å². The lowest BCUT2D eigenvalue weighted by atomic mass is 10.1. The average Bonchev–Trinajstić information content (AvgIpc) is 3.17. The van der Waals surface area contributed by atoms with Crippen molar-refractivity contribution in [2.75, 3.05) is 42.1 Å². The maximum absolute atomic E-state index is 11.3. The molecule has 1 atom stereocenters. The monoisotopic (exact) mass is 449 g/mol. The number of nitrogens with zero attached hydrogens (tertiary/aromatic N) is 7. The number of nitrogens with two attached hydrogens (primary N) is 1. The Morgan fingerprint density at radius 1 is 1.30 bits per heavy atom. The first-order valence-electron chi connectivity index (χ1n) is 10.8. The molecule has 3 aromatic heterocycles. The third-order valence-corrected chi connectivity index (χ3v) is 5.98. The molecular weight excluding hydrogens is 422 g/mol. The van der Waals surface area contributed by atoms with Crippen LogP contribution >= 0.6 is 0 Å². The second-order valence-electron chi connectivity index (χ2n) is 8.06. The Morgan fingerprint density at radius 3 is 2.67 bits per heavy atom. The predicted molar refractivity (Wildman–Crippen MR) is 125 cm³/mol. The molecule has 4 N–H and O–H groups in total. The van der Waals surface area contributed by atoms with Crippen molar-refractivity contribution in [3.63, 3.8) is 0 Å². The van der Waals surface area contributed by atoms with Gasteiger partial charge < -0.3 is 30.5 Å². The van der Waals surface area contributed by atoms with Gasteiger partial charge in [-0.15, -0.1) is 0 Å². The van der Waals surface area contributed by atoms with Crippen LogP contribution in [0.4, 0.5) is 22.2 Å². The molecule has 0 radical (unpaired) electrons. The summed E-state index contributed by atoms with van der Waals surface area (Å²) in [6.45, 7) is 5.83. The van der Waals surface area contributed by atoms with E-state index < -0.39 is 6.09 Å². The van der Waals surface area contributed by atoms with E-state index in [1.165, 1.54) is 4.90 Å². The van der Waals surface area contributed by atoms with Crippen LogP contribution in [0, 0.1) is 11.3 Å². The number of nitrogens with one attached hydrogen (secondary N) is 1. The van der Waals surface area contributed by atoms with Gasteiger partial charge in [0.2, 0.25) is 5.95 Å². The van der Waals surface area contributed by atoms with Crippen LogP contribution in [0.5, 0.6) is 0 Å². The fourth-order valence-electron chi connectivity index (χ4n) is 4.18. The molecule has 4 rings (SSSR count). The number of hydrogen-bond acceptors (Lipinski definition) is 8. The highest BCUT2D eigenvalue weighted by Crippen LogP contribution is 2.32. The number of fused-ring (bicyclic) bond motifs is 1. The summed E-state index contributed by atoms with van der Waals surface area (Å²) < 4.78 is 2.01. The molecule has 1 fully saturated rings. The molecule has 0 aromatic carbocycles. The van der Waals surface area contributed by atoms with Crippen LogP contribution in [0.1, 0.15) is 36.8 Å². The van der Waals surface area contributed by atoms with Crippen LogP contribution in [0.2, 0.25) is 0 Å². The molecule has 1 unspecified atom stereocenters. The number of pyridine rings is 1. The lowest BCUT2D eigenvalue weighted by Crippen LogP contribution is -2.48. The maximum atomic E-state index is 11.3. The number of nitriles is 1. The molecule has 11 nitrogen and oxygen atoms in total. The Kier molecular flexibility index (Phi) is 5.91. The Morgan fingerprint density at radius 2 is 2.03 bits per heavy atom. The molecule has 1 saturated heterocycles. The second kappa shape index (κ2) is 8.82. The first kappa shape index (κ1) is 22.1. The van der Waals surface area contributed by atoms with E-state index in [9.17, 15) is 15.2 Å². The number of aryl methyl sites for hydroxylation is 2. The second-order valence-corrected chi connectivity index (χ2v) is 8.06. The number of carbonyl (C=O) groups is 1. The molecule has 11 heteroatoms. The number of amides is 1. The molecule has 0 bridgehead atoms. The summed E-state index contributed by atoms with van der Waals surface area (Å²) in [6, 6.07) is 5.93. The molecule has 0 spiro atoms. The van der Waals surface area contributed by atoms with Gasteiger partial charge in [-0.1, -0.05) is 6.92 Å². The number of rotatable bonds is 5. The molecule has 33 heavy (non-hydrogen) atoms. The molecule has 4 heterocycles. The highest BCUT2D eigenvalue weighted by Gasteiger charge is 2.26. The minimum atomic E-state index is -0.905. The lowest BCUT2D eigenvalue weighted by Gasteiger charge is -2.36. The van der Waals surface area contributed by atoms with E-state index >= 15 is 0 Å². The first-order chi connectivity index (χ1) is 15.8. The normalized spacial score (nSPS) is 14.8. The van der Waals surface area contributed by atoms with E-state index in [0.717, 1.165) is 22.4 Å². The van der Waals surface area contributed by atoms with Crippen molar-refractivity contribution >= 4 is 34.6 Å². The van der Waals surface area contributed by atoms with Gasteiger partial charge in [-0.2, -0.15) is 10.2 Å². The van der Waals surface area contributed by atoms with Gasteiger partial charge in [-0.25, -0.2) is 14.8 Å². The van der Waals surface area contributed by atoms with E-state index in [2.05, 4.69) is 32.3 Å². The Hall–Kier alpha value is -4.07. The molecule has 0 aliphatic carbocycles. The first-order valence-corrected chi connectivity index (χ1v) is 10.8. The van der Waals surface area contributed by atoms with E-state index in [-0.39, 0.29) is 12.0 Å². The third-order valence-electron chi connectivity index (χ3n) is 5.98. The number of aromatic nitrogens is 4. The van der Waals surface area contributed by atoms with Gasteiger partial charge in [-0.3, -0.25) is 0 Å². The van der Waals surface area contributed by atoms with Crippen molar-refractivity contribution < 1.29 is 9.90 Å². The number of anilines is 3. The van der Waals surface area contributed by atoms with Crippen LogP contribution in [-0.4, -0.2) is 61.8 Å². The smallest absolute Gasteiger partial charge is 0.407 e. The minimum absolute atomic E-state index is 0.108. The quantitative estimate of drug-likeness (QED) is 0.533. The highest BCUT2D eigenvalue weighted by atomic mass is 16.4. The SMILES string of the molecule is CCc1nc(N)nc(NC(C)c2nc3ccn(C)c3cc2N2CCN(C(=O)O)CC2)c1C#N. The standard InChI is InChI=1S/C22H27N9O2/c1-4-15-14(12-23)20(28-21(24)27-15)25-13(2)19-18(11-17-16(26-19)5-6-29(17)3)30-7-9-31(10-8-30)22(32)33/h5-6,11,13H,4,7-10H2,1-3H3,(H,32,33)(H3,24,25,27,28). The van der Waals surface area contributed by atoms with Crippen molar-refractivity contribution in [1.82, 2.24) is 24.4 Å². The number of piperazine rings is 1. The molecule has 0 saturated carbocycles. The van der Waals surface area contributed by atoms with Gasteiger partial charge >= 0.3 is 6.09 Å². The summed E-state index contributed by atoms with van der Waals surface area (Å²) in [4.78, 5) is 28.3. The average molecular weight is 450 g/mol. The van der Waals surface area contributed by atoms with E-state index in [1.807, 2.05) is 37.7 Å². The fourth-order valence-corrected chi connectivity index (χ4v) is 4.18. The molecule has 172 valence electrons. The zero-order chi connectivity index (χ0) is 23.7. The van der Waals surface area contributed by atoms with Crippen LogP contribution in [0.15, 0.2) is 18.3 Å². The number of carboxylic acid groups (broad SMARTS) is 1. The van der Waals surface area contributed by atoms with Crippen LogP contribution in [0.25, 0.3) is 11.0 Å². The topological polar surface area (TPSA) is 149 Å². The summed E-state index contributed by atoms with van der Waals surface area (Å²) in [5, 5.41) is 22.3. The zero-order valence-electron chi connectivity index (χ0n) is 18.9. The molecular formula is C22H27N9O2.